The number of rotatable bonds is 4. The topological polar surface area (TPSA) is 75.7 Å². The second kappa shape index (κ2) is 6.63. The molecule has 3 rings (SSSR count). The summed E-state index contributed by atoms with van der Waals surface area (Å²) in [5.41, 5.74) is 0.259. The first-order chi connectivity index (χ1) is 11.5. The highest BCUT2D eigenvalue weighted by molar-refractivity contribution is 5.98. The Labute approximate surface area is 141 Å². The van der Waals surface area contributed by atoms with Gasteiger partial charge in [0.05, 0.1) is 5.41 Å². The molecule has 128 valence electrons. The molecule has 2 fully saturated rings. The molecule has 1 atom stereocenters. The fraction of sp³-hybridized carbons (Fsp3) is 0.500. The number of ether oxygens (including phenoxy) is 1. The Balaban J connectivity index is 1.75. The predicted molar refractivity (Wildman–Crippen MR) is 87.3 cm³/mol. The number of carbonyl (C=O) groups is 3. The minimum absolute atomic E-state index is 0.309. The molecule has 1 heterocycles. The second-order valence-electron chi connectivity index (χ2n) is 6.42. The minimum Gasteiger partial charge on any atom is -0.452 e. The Bertz CT molecular complexity index is 638. The lowest BCUT2D eigenvalue weighted by atomic mass is 9.79. The van der Waals surface area contributed by atoms with Gasteiger partial charge < -0.3 is 10.1 Å². The monoisotopic (exact) mass is 330 g/mol. The number of hydrogen-bond donors (Lipinski definition) is 1. The van der Waals surface area contributed by atoms with E-state index < -0.39 is 23.5 Å². The van der Waals surface area contributed by atoms with Crippen LogP contribution in [0.25, 0.3) is 0 Å². The van der Waals surface area contributed by atoms with Crippen LogP contribution in [0.2, 0.25) is 0 Å². The van der Waals surface area contributed by atoms with Crippen molar-refractivity contribution >= 4 is 17.9 Å². The molecule has 1 aromatic rings. The lowest BCUT2D eigenvalue weighted by Crippen LogP contribution is -2.44. The Morgan fingerprint density at radius 2 is 1.88 bits per heavy atom. The molecule has 0 aromatic heterocycles. The molecule has 0 spiro atoms. The van der Waals surface area contributed by atoms with Crippen molar-refractivity contribution in [3.63, 3.8) is 0 Å². The summed E-state index contributed by atoms with van der Waals surface area (Å²) in [6.07, 6.45) is 2.39. The third kappa shape index (κ3) is 2.88. The van der Waals surface area contributed by atoms with E-state index in [1.54, 1.807) is 0 Å². The Hall–Kier alpha value is -2.37. The van der Waals surface area contributed by atoms with E-state index in [2.05, 4.69) is 5.32 Å². The quantitative estimate of drug-likeness (QED) is 0.857. The van der Waals surface area contributed by atoms with Crippen molar-refractivity contribution in [2.45, 2.75) is 44.1 Å². The summed E-state index contributed by atoms with van der Waals surface area (Å²) in [6.45, 7) is 2.27. The summed E-state index contributed by atoms with van der Waals surface area (Å²) in [4.78, 5) is 37.9. The lowest BCUT2D eigenvalue weighted by molar-refractivity contribution is -0.162. The van der Waals surface area contributed by atoms with Gasteiger partial charge in [-0.15, -0.1) is 0 Å². The first kappa shape index (κ1) is 16.5. The van der Waals surface area contributed by atoms with E-state index in [0.29, 0.717) is 13.1 Å². The van der Waals surface area contributed by atoms with Gasteiger partial charge in [0.15, 0.2) is 6.10 Å². The number of hydrogen-bond acceptors (Lipinski definition) is 4. The summed E-state index contributed by atoms with van der Waals surface area (Å²) in [5, 5.41) is 2.57. The second-order valence-corrected chi connectivity index (χ2v) is 6.42. The summed E-state index contributed by atoms with van der Waals surface area (Å²) < 4.78 is 5.50. The van der Waals surface area contributed by atoms with Crippen LogP contribution in [0.5, 0.6) is 0 Å². The molecule has 0 unspecified atom stereocenters. The number of imide groups is 1. The van der Waals surface area contributed by atoms with E-state index in [4.69, 9.17) is 4.74 Å². The molecule has 24 heavy (non-hydrogen) atoms. The van der Waals surface area contributed by atoms with Crippen LogP contribution in [-0.4, -0.2) is 42.0 Å². The van der Waals surface area contributed by atoms with Crippen molar-refractivity contribution in [1.82, 2.24) is 10.2 Å². The number of esters is 1. The maximum Gasteiger partial charge on any atom is 0.324 e. The van der Waals surface area contributed by atoms with Gasteiger partial charge in [-0.2, -0.15) is 0 Å². The number of urea groups is 1. The van der Waals surface area contributed by atoms with Crippen molar-refractivity contribution < 1.29 is 19.1 Å². The molecule has 6 nitrogen and oxygen atoms in total. The number of amides is 3. The SMILES string of the molecule is C[C@H](OC(=O)C1(c2ccccc2)CCCC1)C(=O)N1CCNC1=O. The standard InChI is InChI=1S/C18H22N2O4/c1-13(15(21)20-12-11-19-17(20)23)24-16(22)18(9-5-6-10-18)14-7-3-2-4-8-14/h2-4,7-8,13H,5-6,9-12H2,1H3,(H,19,23)/t13-/m0/s1. The number of benzene rings is 1. The van der Waals surface area contributed by atoms with E-state index in [0.717, 1.165) is 36.1 Å². The van der Waals surface area contributed by atoms with Gasteiger partial charge >= 0.3 is 12.0 Å². The molecule has 1 saturated carbocycles. The molecule has 0 bridgehead atoms. The van der Waals surface area contributed by atoms with E-state index in [1.165, 1.54) is 6.92 Å². The highest BCUT2D eigenvalue weighted by Gasteiger charge is 2.45. The number of carbonyl (C=O) groups excluding carboxylic acids is 3. The van der Waals surface area contributed by atoms with Gasteiger partial charge in [0.2, 0.25) is 0 Å². The van der Waals surface area contributed by atoms with Crippen LogP contribution in [0.1, 0.15) is 38.2 Å². The predicted octanol–water partition coefficient (Wildman–Crippen LogP) is 1.98. The van der Waals surface area contributed by atoms with Crippen molar-refractivity contribution in [3.8, 4) is 0 Å². The van der Waals surface area contributed by atoms with Crippen LogP contribution >= 0.6 is 0 Å². The van der Waals surface area contributed by atoms with Crippen molar-refractivity contribution in [2.24, 2.45) is 0 Å². The number of nitrogens with one attached hydrogen (secondary N) is 1. The molecule has 1 aliphatic heterocycles. The lowest BCUT2D eigenvalue weighted by Gasteiger charge is -2.29. The highest BCUT2D eigenvalue weighted by Crippen LogP contribution is 2.42. The first-order valence-electron chi connectivity index (χ1n) is 8.40. The van der Waals surface area contributed by atoms with E-state index in [9.17, 15) is 14.4 Å². The average Bonchev–Trinajstić information content (AvgIpc) is 3.24. The molecule has 1 N–H and O–H groups in total. The molecule has 3 amide bonds. The van der Waals surface area contributed by atoms with Crippen molar-refractivity contribution in [2.75, 3.05) is 13.1 Å². The van der Waals surface area contributed by atoms with Gasteiger partial charge in [0.25, 0.3) is 5.91 Å². The fourth-order valence-electron chi connectivity index (χ4n) is 3.57. The van der Waals surface area contributed by atoms with Gasteiger partial charge in [-0.25, -0.2) is 4.79 Å². The maximum atomic E-state index is 12.9. The van der Waals surface area contributed by atoms with Crippen LogP contribution in [0.3, 0.4) is 0 Å². The van der Waals surface area contributed by atoms with E-state index in [1.807, 2.05) is 30.3 Å². The average molecular weight is 330 g/mol. The van der Waals surface area contributed by atoms with Crippen molar-refractivity contribution in [1.29, 1.82) is 0 Å². The summed E-state index contributed by atoms with van der Waals surface area (Å²) >= 11 is 0. The molecule has 2 aliphatic rings. The van der Waals surface area contributed by atoms with Crippen LogP contribution in [0, 0.1) is 0 Å². The van der Waals surface area contributed by atoms with Crippen LogP contribution < -0.4 is 5.32 Å². The zero-order valence-electron chi connectivity index (χ0n) is 13.8. The van der Waals surface area contributed by atoms with E-state index in [-0.39, 0.29) is 5.97 Å². The zero-order chi connectivity index (χ0) is 17.2. The smallest absolute Gasteiger partial charge is 0.324 e. The fourth-order valence-corrected chi connectivity index (χ4v) is 3.57. The van der Waals surface area contributed by atoms with Gasteiger partial charge in [0, 0.05) is 13.1 Å². The minimum atomic E-state index is -0.970. The molecule has 1 aliphatic carbocycles. The van der Waals surface area contributed by atoms with Crippen LogP contribution in [0.15, 0.2) is 30.3 Å². The molecule has 6 heteroatoms. The third-order valence-electron chi connectivity index (χ3n) is 4.93. The zero-order valence-corrected chi connectivity index (χ0v) is 13.8. The van der Waals surface area contributed by atoms with Gasteiger partial charge in [-0.1, -0.05) is 43.2 Å². The Kier molecular flexibility index (Phi) is 4.55. The molecular formula is C18H22N2O4. The van der Waals surface area contributed by atoms with Gasteiger partial charge in [-0.3, -0.25) is 14.5 Å². The van der Waals surface area contributed by atoms with Gasteiger partial charge in [-0.05, 0) is 25.3 Å². The summed E-state index contributed by atoms with van der Waals surface area (Å²) in [5.74, 6) is -0.841. The third-order valence-corrected chi connectivity index (χ3v) is 4.93. The first-order valence-corrected chi connectivity index (χ1v) is 8.40. The van der Waals surface area contributed by atoms with Crippen LogP contribution in [0.4, 0.5) is 4.79 Å². The van der Waals surface area contributed by atoms with Gasteiger partial charge in [0.1, 0.15) is 0 Å². The Morgan fingerprint density at radius 3 is 2.46 bits per heavy atom. The highest BCUT2D eigenvalue weighted by atomic mass is 16.5. The van der Waals surface area contributed by atoms with Crippen molar-refractivity contribution in [3.05, 3.63) is 35.9 Å². The summed E-state index contributed by atoms with van der Waals surface area (Å²) in [6, 6.07) is 9.18. The molecule has 1 aromatic carbocycles. The maximum absolute atomic E-state index is 12.9. The normalized spacial score (nSPS) is 20.5. The van der Waals surface area contributed by atoms with Crippen LogP contribution in [-0.2, 0) is 19.7 Å². The molecular weight excluding hydrogens is 308 g/mol. The van der Waals surface area contributed by atoms with E-state index >= 15 is 0 Å². The summed E-state index contributed by atoms with van der Waals surface area (Å²) in [7, 11) is 0. The number of nitrogens with zero attached hydrogens (tertiary/aromatic N) is 1. The molecule has 1 saturated heterocycles. The Morgan fingerprint density at radius 1 is 1.21 bits per heavy atom. The molecule has 0 radical (unpaired) electrons. The largest absolute Gasteiger partial charge is 0.452 e.